The summed E-state index contributed by atoms with van der Waals surface area (Å²) >= 11 is 0. The minimum absolute atomic E-state index is 0.0277. The number of carbonyl (C=O) groups excluding carboxylic acids is 1. The van der Waals surface area contributed by atoms with E-state index >= 15 is 0 Å². The Labute approximate surface area is 192 Å². The Morgan fingerprint density at radius 2 is 1.97 bits per heavy atom. The summed E-state index contributed by atoms with van der Waals surface area (Å²) in [6.45, 7) is 3.36. The first-order chi connectivity index (χ1) is 16.0. The molecule has 5 rings (SSSR count). The lowest BCUT2D eigenvalue weighted by atomic mass is 9.89. The molecule has 2 fully saturated rings. The lowest BCUT2D eigenvalue weighted by Gasteiger charge is -2.48. The van der Waals surface area contributed by atoms with Gasteiger partial charge in [-0.3, -0.25) is 19.6 Å². The average Bonchev–Trinajstić information content (AvgIpc) is 3.12. The van der Waals surface area contributed by atoms with E-state index in [1.54, 1.807) is 36.5 Å². The van der Waals surface area contributed by atoms with Gasteiger partial charge in [-0.15, -0.1) is 0 Å². The third-order valence-electron chi connectivity index (χ3n) is 7.02. The van der Waals surface area contributed by atoms with Gasteiger partial charge in [0.2, 0.25) is 0 Å². The summed E-state index contributed by atoms with van der Waals surface area (Å²) in [7, 11) is 2.16. The minimum atomic E-state index is -0.237. The topological polar surface area (TPSA) is 98.0 Å². The van der Waals surface area contributed by atoms with Crippen molar-refractivity contribution < 1.29 is 4.79 Å². The van der Waals surface area contributed by atoms with Crippen LogP contribution in [0.4, 0.5) is 0 Å². The van der Waals surface area contributed by atoms with Crippen LogP contribution in [0.2, 0.25) is 0 Å². The van der Waals surface area contributed by atoms with Crippen LogP contribution in [-0.4, -0.2) is 62.7 Å². The van der Waals surface area contributed by atoms with Gasteiger partial charge in [-0.25, -0.2) is 9.67 Å². The molecule has 8 nitrogen and oxygen atoms in total. The Morgan fingerprint density at radius 1 is 1.18 bits per heavy atom. The summed E-state index contributed by atoms with van der Waals surface area (Å²) in [4.78, 5) is 34.4. The fraction of sp³-hybridized carbons (Fsp3) is 0.360. The van der Waals surface area contributed by atoms with Crippen molar-refractivity contribution in [1.29, 1.82) is 5.26 Å². The summed E-state index contributed by atoms with van der Waals surface area (Å²) in [6, 6.07) is 11.8. The second kappa shape index (κ2) is 8.34. The number of hydrogen-bond donors (Lipinski definition) is 1. The second-order valence-corrected chi connectivity index (χ2v) is 8.99. The summed E-state index contributed by atoms with van der Waals surface area (Å²) in [5.74, 6) is 0.389. The molecule has 33 heavy (non-hydrogen) atoms. The van der Waals surface area contributed by atoms with Crippen molar-refractivity contribution in [2.45, 2.75) is 38.3 Å². The maximum atomic E-state index is 13.0. The lowest BCUT2D eigenvalue weighted by Crippen LogP contribution is -2.62. The third kappa shape index (κ3) is 3.74. The van der Waals surface area contributed by atoms with Gasteiger partial charge in [0, 0.05) is 37.6 Å². The average molecular weight is 443 g/mol. The van der Waals surface area contributed by atoms with Crippen LogP contribution >= 0.6 is 0 Å². The molecule has 0 atom stereocenters. The molecule has 1 saturated heterocycles. The van der Waals surface area contributed by atoms with Crippen LogP contribution in [0.1, 0.15) is 40.7 Å². The van der Waals surface area contributed by atoms with Crippen molar-refractivity contribution in [3.05, 3.63) is 69.8 Å². The molecule has 1 aliphatic heterocycles. The Kier molecular flexibility index (Phi) is 5.35. The molecule has 0 spiro atoms. The van der Waals surface area contributed by atoms with E-state index < -0.39 is 0 Å². The zero-order valence-electron chi connectivity index (χ0n) is 18.8. The van der Waals surface area contributed by atoms with Crippen LogP contribution in [0.3, 0.4) is 0 Å². The quantitative estimate of drug-likeness (QED) is 0.655. The number of H-pyrrole nitrogens is 1. The maximum Gasteiger partial charge on any atom is 0.280 e. The number of likely N-dealkylation sites (tertiary alicyclic amines) is 1. The molecule has 0 bridgehead atoms. The number of nitriles is 1. The fourth-order valence-electron chi connectivity index (χ4n) is 4.57. The highest BCUT2D eigenvalue weighted by molar-refractivity contribution is 5.94. The largest absolute Gasteiger partial charge is 0.335 e. The van der Waals surface area contributed by atoms with Gasteiger partial charge in [0.25, 0.3) is 11.5 Å². The number of aromatic amines is 1. The summed E-state index contributed by atoms with van der Waals surface area (Å²) < 4.78 is 1.36. The molecule has 2 aromatic heterocycles. The van der Waals surface area contributed by atoms with E-state index in [-0.39, 0.29) is 11.5 Å². The number of benzene rings is 1. The highest BCUT2D eigenvalue weighted by Crippen LogP contribution is 2.28. The van der Waals surface area contributed by atoms with Gasteiger partial charge in [-0.05, 0) is 62.2 Å². The number of carbonyl (C=O) groups is 1. The molecule has 0 radical (unpaired) electrons. The fourth-order valence-corrected chi connectivity index (χ4v) is 4.57. The highest BCUT2D eigenvalue weighted by atomic mass is 16.2. The van der Waals surface area contributed by atoms with Gasteiger partial charge in [-0.1, -0.05) is 12.5 Å². The third-order valence-corrected chi connectivity index (χ3v) is 7.02. The Hall–Kier alpha value is -3.70. The molecule has 1 N–H and O–H groups in total. The van der Waals surface area contributed by atoms with E-state index in [2.05, 4.69) is 28.1 Å². The molecule has 1 aliphatic carbocycles. The highest BCUT2D eigenvalue weighted by Gasteiger charge is 2.37. The molecular formula is C25H26N6O2. The molecule has 0 unspecified atom stereocenters. The smallest absolute Gasteiger partial charge is 0.280 e. The zero-order chi connectivity index (χ0) is 23.1. The SMILES string of the molecule is Cc1cc(C#N)ccc1-c1c[nH]n(-c2ccc(C(=O)N3CC(N(C)C4CCC4)C3)cn2)c1=O. The Balaban J connectivity index is 1.29. The van der Waals surface area contributed by atoms with Crippen molar-refractivity contribution >= 4 is 5.91 Å². The number of pyridine rings is 1. The van der Waals surface area contributed by atoms with Gasteiger partial charge in [0.1, 0.15) is 0 Å². The number of hydrogen-bond acceptors (Lipinski definition) is 5. The summed E-state index contributed by atoms with van der Waals surface area (Å²) in [5.41, 5.74) is 2.95. The van der Waals surface area contributed by atoms with E-state index in [9.17, 15) is 9.59 Å². The van der Waals surface area contributed by atoms with E-state index in [0.717, 1.165) is 24.2 Å². The van der Waals surface area contributed by atoms with E-state index in [4.69, 9.17) is 5.26 Å². The van der Waals surface area contributed by atoms with Crippen LogP contribution in [0.5, 0.6) is 0 Å². The number of likely N-dealkylation sites (N-methyl/N-ethyl adjacent to an activating group) is 1. The van der Waals surface area contributed by atoms with E-state index in [0.29, 0.717) is 34.6 Å². The molecule has 1 amide bonds. The standard InChI is InChI=1S/C25H26N6O2/c1-16-10-17(11-26)6-8-21(16)22-13-28-31(25(22)33)23-9-7-18(12-27-23)24(32)30-14-20(15-30)29(2)19-4-3-5-19/h6-10,12-13,19-20,28H,3-5,14-15H2,1-2H3. The summed E-state index contributed by atoms with van der Waals surface area (Å²) in [6.07, 6.45) is 6.99. The van der Waals surface area contributed by atoms with Gasteiger partial charge in [0.05, 0.1) is 22.8 Å². The van der Waals surface area contributed by atoms with Crippen LogP contribution in [0.15, 0.2) is 47.5 Å². The maximum absolute atomic E-state index is 13.0. The number of nitrogens with zero attached hydrogens (tertiary/aromatic N) is 5. The van der Waals surface area contributed by atoms with Crippen molar-refractivity contribution in [1.82, 2.24) is 24.6 Å². The molecule has 3 heterocycles. The van der Waals surface area contributed by atoms with Crippen molar-refractivity contribution in [3.8, 4) is 23.0 Å². The van der Waals surface area contributed by atoms with Crippen molar-refractivity contribution in [3.63, 3.8) is 0 Å². The van der Waals surface area contributed by atoms with Gasteiger partial charge in [0.15, 0.2) is 5.82 Å². The number of aryl methyl sites for hydroxylation is 1. The predicted molar refractivity (Wildman–Crippen MR) is 124 cm³/mol. The van der Waals surface area contributed by atoms with Gasteiger partial charge in [-0.2, -0.15) is 5.26 Å². The molecule has 168 valence electrons. The normalized spacial score (nSPS) is 16.4. The lowest BCUT2D eigenvalue weighted by molar-refractivity contribution is 0.00718. The first-order valence-electron chi connectivity index (χ1n) is 11.3. The van der Waals surface area contributed by atoms with Crippen molar-refractivity contribution in [2.75, 3.05) is 20.1 Å². The molecule has 2 aliphatic rings. The molecule has 3 aromatic rings. The predicted octanol–water partition coefficient (Wildman–Crippen LogP) is 2.72. The Morgan fingerprint density at radius 3 is 2.58 bits per heavy atom. The number of amides is 1. The van der Waals surface area contributed by atoms with Gasteiger partial charge < -0.3 is 4.90 Å². The second-order valence-electron chi connectivity index (χ2n) is 8.99. The van der Waals surface area contributed by atoms with Crippen molar-refractivity contribution in [2.24, 2.45) is 0 Å². The van der Waals surface area contributed by atoms with Crippen LogP contribution in [-0.2, 0) is 0 Å². The van der Waals surface area contributed by atoms with Crippen LogP contribution in [0, 0.1) is 18.3 Å². The minimum Gasteiger partial charge on any atom is -0.335 e. The monoisotopic (exact) mass is 442 g/mol. The van der Waals surface area contributed by atoms with Crippen LogP contribution < -0.4 is 5.56 Å². The molecule has 1 aromatic carbocycles. The summed E-state index contributed by atoms with van der Waals surface area (Å²) in [5, 5.41) is 12.0. The zero-order valence-corrected chi connectivity index (χ0v) is 18.8. The number of rotatable bonds is 5. The molecule has 8 heteroatoms. The van der Waals surface area contributed by atoms with E-state index in [1.807, 2.05) is 11.8 Å². The van der Waals surface area contributed by atoms with Crippen LogP contribution in [0.25, 0.3) is 16.9 Å². The first-order valence-corrected chi connectivity index (χ1v) is 11.3. The molecular weight excluding hydrogens is 416 g/mol. The molecule has 1 saturated carbocycles. The number of aromatic nitrogens is 3. The number of nitrogens with one attached hydrogen (secondary N) is 1. The Bertz CT molecular complexity index is 1290. The van der Waals surface area contributed by atoms with E-state index in [1.165, 1.54) is 30.1 Å². The first kappa shape index (κ1) is 21.2. The van der Waals surface area contributed by atoms with Gasteiger partial charge >= 0.3 is 0 Å².